The van der Waals surface area contributed by atoms with Crippen LogP contribution in [0.4, 0.5) is 11.4 Å². The number of non-ortho nitro benzene ring substituents is 1. The lowest BCUT2D eigenvalue weighted by molar-refractivity contribution is -0.384. The number of carbonyl (C=O) groups is 2. The quantitative estimate of drug-likeness (QED) is 0.180. The third-order valence-corrected chi connectivity index (χ3v) is 6.77. The summed E-state index contributed by atoms with van der Waals surface area (Å²) in [5.74, 6) is -1.11. The van der Waals surface area contributed by atoms with Crippen LogP contribution in [0.1, 0.15) is 51.0 Å². The fourth-order valence-electron chi connectivity index (χ4n) is 3.82. The van der Waals surface area contributed by atoms with Gasteiger partial charge >= 0.3 is 5.97 Å². The molecule has 2 aromatic rings. The highest BCUT2D eigenvalue weighted by atomic mass is 32.1. The summed E-state index contributed by atoms with van der Waals surface area (Å²) in [7, 11) is 0. The molecule has 0 radical (unpaired) electrons. The van der Waals surface area contributed by atoms with Gasteiger partial charge in [-0.05, 0) is 44.4 Å². The predicted molar refractivity (Wildman–Crippen MR) is 127 cm³/mol. The zero-order valence-electron chi connectivity index (χ0n) is 18.8. The number of esters is 1. The molecule has 34 heavy (non-hydrogen) atoms. The lowest BCUT2D eigenvalue weighted by Gasteiger charge is -2.20. The van der Waals surface area contributed by atoms with E-state index in [0.29, 0.717) is 16.0 Å². The standard InChI is InChI=1S/C24H22N4O5S/c1-3-33-24(30)23-15(2)19(14-26)22(34-23)12-21(29)17(13-25)10-16-11-18(28(31)32)6-7-20(16)27-8-4-5-9-27/h6-7,10-11H,3-5,8-9,12H2,1-2H3/b17-10-. The van der Waals surface area contributed by atoms with Crippen LogP contribution in [0.2, 0.25) is 0 Å². The van der Waals surface area contributed by atoms with Crippen molar-refractivity contribution >= 4 is 40.5 Å². The van der Waals surface area contributed by atoms with E-state index in [1.165, 1.54) is 18.2 Å². The highest BCUT2D eigenvalue weighted by Crippen LogP contribution is 2.32. The van der Waals surface area contributed by atoms with E-state index in [1.54, 1.807) is 19.9 Å². The summed E-state index contributed by atoms with van der Waals surface area (Å²) in [6.07, 6.45) is 3.09. The summed E-state index contributed by atoms with van der Waals surface area (Å²) < 4.78 is 5.02. The van der Waals surface area contributed by atoms with Gasteiger partial charge < -0.3 is 9.64 Å². The Labute approximate surface area is 200 Å². The maximum absolute atomic E-state index is 13.0. The third kappa shape index (κ3) is 5.13. The molecule has 0 saturated carbocycles. The smallest absolute Gasteiger partial charge is 0.348 e. The fourth-order valence-corrected chi connectivity index (χ4v) is 4.97. The van der Waals surface area contributed by atoms with Crippen molar-refractivity contribution in [3.8, 4) is 12.1 Å². The summed E-state index contributed by atoms with van der Waals surface area (Å²) in [6, 6.07) is 8.31. The van der Waals surface area contributed by atoms with Gasteiger partial charge in [-0.3, -0.25) is 14.9 Å². The molecular weight excluding hydrogens is 456 g/mol. The molecule has 174 valence electrons. The molecule has 1 aliphatic heterocycles. The molecule has 10 heteroatoms. The number of ether oxygens (including phenoxy) is 1. The number of Topliss-reactive ketones (excluding diaryl/α,β-unsaturated/α-hetero) is 1. The minimum Gasteiger partial charge on any atom is -0.462 e. The first-order chi connectivity index (χ1) is 16.3. The van der Waals surface area contributed by atoms with E-state index < -0.39 is 16.7 Å². The molecule has 0 N–H and O–H groups in total. The Morgan fingerprint density at radius 1 is 1.29 bits per heavy atom. The van der Waals surface area contributed by atoms with Crippen LogP contribution < -0.4 is 4.90 Å². The van der Waals surface area contributed by atoms with Gasteiger partial charge in [0.05, 0.1) is 22.7 Å². The van der Waals surface area contributed by atoms with E-state index in [9.17, 15) is 30.2 Å². The zero-order chi connectivity index (χ0) is 24.8. The summed E-state index contributed by atoms with van der Waals surface area (Å²) in [5, 5.41) is 30.5. The van der Waals surface area contributed by atoms with Gasteiger partial charge in [0.25, 0.3) is 5.69 Å². The second-order valence-corrected chi connectivity index (χ2v) is 8.76. The normalized spacial score (nSPS) is 13.3. The third-order valence-electron chi connectivity index (χ3n) is 5.50. The molecule has 9 nitrogen and oxygen atoms in total. The summed E-state index contributed by atoms with van der Waals surface area (Å²) in [6.45, 7) is 5.03. The van der Waals surface area contributed by atoms with Crippen molar-refractivity contribution in [1.82, 2.24) is 0 Å². The van der Waals surface area contributed by atoms with Gasteiger partial charge in [0.1, 0.15) is 17.0 Å². The summed E-state index contributed by atoms with van der Waals surface area (Å²) >= 11 is 0.999. The molecule has 0 spiro atoms. The lowest BCUT2D eigenvalue weighted by Crippen LogP contribution is -2.18. The Morgan fingerprint density at radius 2 is 2.00 bits per heavy atom. The largest absolute Gasteiger partial charge is 0.462 e. The molecule has 0 atom stereocenters. The van der Waals surface area contributed by atoms with Gasteiger partial charge in [-0.1, -0.05) is 0 Å². The number of anilines is 1. The summed E-state index contributed by atoms with van der Waals surface area (Å²) in [4.78, 5) is 38.7. The number of carbonyl (C=O) groups excluding carboxylic acids is 2. The van der Waals surface area contributed by atoms with Gasteiger partial charge in [0, 0.05) is 47.8 Å². The average molecular weight is 479 g/mol. The van der Waals surface area contributed by atoms with E-state index in [-0.39, 0.29) is 34.7 Å². The topological polar surface area (TPSA) is 137 Å². The van der Waals surface area contributed by atoms with E-state index in [4.69, 9.17) is 4.74 Å². The second kappa shape index (κ2) is 10.7. The van der Waals surface area contributed by atoms with Crippen molar-refractivity contribution in [2.45, 2.75) is 33.1 Å². The first-order valence-corrected chi connectivity index (χ1v) is 11.5. The Balaban J connectivity index is 1.98. The molecule has 1 aromatic heterocycles. The molecule has 0 unspecified atom stereocenters. The predicted octanol–water partition coefficient (Wildman–Crippen LogP) is 4.33. The minimum absolute atomic E-state index is 0.140. The highest BCUT2D eigenvalue weighted by Gasteiger charge is 2.24. The maximum atomic E-state index is 13.0. The van der Waals surface area contributed by atoms with Crippen molar-refractivity contribution in [1.29, 1.82) is 10.5 Å². The molecule has 2 heterocycles. The number of thiophene rings is 1. The lowest BCUT2D eigenvalue weighted by atomic mass is 10.0. The van der Waals surface area contributed by atoms with Crippen LogP contribution >= 0.6 is 11.3 Å². The van der Waals surface area contributed by atoms with Gasteiger partial charge in [0.15, 0.2) is 5.78 Å². The Bertz CT molecular complexity index is 1260. The van der Waals surface area contributed by atoms with Crippen molar-refractivity contribution < 1.29 is 19.2 Å². The van der Waals surface area contributed by atoms with Gasteiger partial charge in [-0.25, -0.2) is 4.79 Å². The first-order valence-electron chi connectivity index (χ1n) is 10.7. The fraction of sp³-hybridized carbons (Fsp3) is 0.333. The van der Waals surface area contributed by atoms with Crippen LogP contribution in [-0.4, -0.2) is 36.4 Å². The van der Waals surface area contributed by atoms with Crippen LogP contribution in [0.25, 0.3) is 6.08 Å². The molecular formula is C24H22N4O5S. The van der Waals surface area contributed by atoms with Crippen LogP contribution in [0.5, 0.6) is 0 Å². The molecule has 0 amide bonds. The highest BCUT2D eigenvalue weighted by molar-refractivity contribution is 7.14. The summed E-state index contributed by atoms with van der Waals surface area (Å²) in [5.41, 5.74) is 1.46. The van der Waals surface area contributed by atoms with Gasteiger partial charge in [-0.15, -0.1) is 11.3 Å². The van der Waals surface area contributed by atoms with Crippen LogP contribution in [0.15, 0.2) is 23.8 Å². The van der Waals surface area contributed by atoms with Gasteiger partial charge in [-0.2, -0.15) is 10.5 Å². The Kier molecular flexibility index (Phi) is 7.77. The average Bonchev–Trinajstić information content (AvgIpc) is 3.45. The molecule has 1 aromatic carbocycles. The zero-order valence-corrected chi connectivity index (χ0v) is 19.6. The molecule has 0 aliphatic carbocycles. The number of benzene rings is 1. The van der Waals surface area contributed by atoms with E-state index in [0.717, 1.165) is 43.0 Å². The molecule has 1 aliphatic rings. The van der Waals surface area contributed by atoms with Crippen molar-refractivity contribution in [2.24, 2.45) is 0 Å². The Hall–Kier alpha value is -4.02. The van der Waals surface area contributed by atoms with Gasteiger partial charge in [0.2, 0.25) is 0 Å². The number of allylic oxidation sites excluding steroid dienone is 1. The number of nitriles is 2. The number of nitrogens with zero attached hydrogens (tertiary/aromatic N) is 4. The number of rotatable bonds is 8. The van der Waals surface area contributed by atoms with Crippen molar-refractivity contribution in [3.63, 3.8) is 0 Å². The molecule has 3 rings (SSSR count). The number of hydrogen-bond donors (Lipinski definition) is 0. The minimum atomic E-state index is -0.567. The van der Waals surface area contributed by atoms with Crippen molar-refractivity contribution in [2.75, 3.05) is 24.6 Å². The van der Waals surface area contributed by atoms with E-state index in [1.807, 2.05) is 12.1 Å². The van der Waals surface area contributed by atoms with E-state index in [2.05, 4.69) is 4.90 Å². The van der Waals surface area contributed by atoms with Crippen LogP contribution in [0.3, 0.4) is 0 Å². The molecule has 0 bridgehead atoms. The SMILES string of the molecule is CCOC(=O)c1sc(CC(=O)/C(C#N)=C\c2cc([N+](=O)[O-])ccc2N2CCCC2)c(C#N)c1C. The van der Waals surface area contributed by atoms with Crippen LogP contribution in [0, 0.1) is 39.7 Å². The van der Waals surface area contributed by atoms with Crippen molar-refractivity contribution in [3.05, 3.63) is 60.3 Å². The van der Waals surface area contributed by atoms with Crippen LogP contribution in [-0.2, 0) is 16.0 Å². The monoisotopic (exact) mass is 478 g/mol. The number of nitro benzene ring substituents is 1. The Morgan fingerprint density at radius 3 is 2.59 bits per heavy atom. The first kappa shape index (κ1) is 24.6. The number of nitro groups is 1. The second-order valence-electron chi connectivity index (χ2n) is 7.65. The number of hydrogen-bond acceptors (Lipinski definition) is 9. The molecule has 1 saturated heterocycles. The maximum Gasteiger partial charge on any atom is 0.348 e. The molecule has 1 fully saturated rings. The number of ketones is 1. The van der Waals surface area contributed by atoms with E-state index >= 15 is 0 Å².